The van der Waals surface area contributed by atoms with E-state index in [1.165, 1.54) is 6.07 Å². The van der Waals surface area contributed by atoms with E-state index in [-0.39, 0.29) is 16.3 Å². The Bertz CT molecular complexity index is 992. The molecule has 1 N–H and O–H groups in total. The molecular formula is C18H13F2NO3S. The molecule has 0 heterocycles. The fraction of sp³-hybridized carbons (Fsp3) is 0. The van der Waals surface area contributed by atoms with E-state index in [0.717, 1.165) is 12.1 Å². The largest absolute Gasteiger partial charge is 0.455 e. The van der Waals surface area contributed by atoms with Gasteiger partial charge in [-0.1, -0.05) is 30.3 Å². The molecule has 0 saturated carbocycles. The van der Waals surface area contributed by atoms with E-state index in [9.17, 15) is 17.2 Å². The molecule has 3 aromatic carbocycles. The number of hydrogen-bond donors (Lipinski definition) is 1. The summed E-state index contributed by atoms with van der Waals surface area (Å²) in [6.07, 6.45) is 0. The molecule has 0 fully saturated rings. The van der Waals surface area contributed by atoms with Crippen LogP contribution >= 0.6 is 0 Å². The lowest BCUT2D eigenvalue weighted by Gasteiger charge is -2.13. The highest BCUT2D eigenvalue weighted by Crippen LogP contribution is 2.31. The van der Waals surface area contributed by atoms with Crippen molar-refractivity contribution in [3.63, 3.8) is 0 Å². The number of hydrogen-bond acceptors (Lipinski definition) is 3. The van der Waals surface area contributed by atoms with Crippen molar-refractivity contribution in [1.82, 2.24) is 0 Å². The smallest absolute Gasteiger partial charge is 0.262 e. The predicted molar refractivity (Wildman–Crippen MR) is 90.1 cm³/mol. The zero-order valence-electron chi connectivity index (χ0n) is 12.8. The highest BCUT2D eigenvalue weighted by molar-refractivity contribution is 7.92. The summed E-state index contributed by atoms with van der Waals surface area (Å²) in [7, 11) is -4.10. The third-order valence-corrected chi connectivity index (χ3v) is 4.67. The van der Waals surface area contributed by atoms with Crippen LogP contribution < -0.4 is 9.46 Å². The van der Waals surface area contributed by atoms with Crippen LogP contribution in [0.4, 0.5) is 14.5 Å². The van der Waals surface area contributed by atoms with E-state index in [2.05, 4.69) is 4.72 Å². The first-order valence-electron chi connectivity index (χ1n) is 7.25. The van der Waals surface area contributed by atoms with Gasteiger partial charge in [-0.25, -0.2) is 17.2 Å². The van der Waals surface area contributed by atoms with Crippen LogP contribution in [0.5, 0.6) is 11.5 Å². The maximum Gasteiger partial charge on any atom is 0.262 e. The molecule has 0 radical (unpaired) electrons. The number of anilines is 1. The predicted octanol–water partition coefficient (Wildman–Crippen LogP) is 4.56. The summed E-state index contributed by atoms with van der Waals surface area (Å²) in [5.74, 6) is -1.55. The second-order valence-electron chi connectivity index (χ2n) is 5.09. The molecule has 0 aliphatic rings. The summed E-state index contributed by atoms with van der Waals surface area (Å²) in [6, 6.07) is 17.6. The molecule has 0 aromatic heterocycles. The lowest BCUT2D eigenvalue weighted by Crippen LogP contribution is -2.14. The quantitative estimate of drug-likeness (QED) is 0.725. The summed E-state index contributed by atoms with van der Waals surface area (Å²) in [5.41, 5.74) is 0.177. The van der Waals surface area contributed by atoms with Gasteiger partial charge in [0, 0.05) is 0 Å². The molecule has 7 heteroatoms. The third-order valence-electron chi connectivity index (χ3n) is 3.30. The number of sulfonamides is 1. The monoisotopic (exact) mass is 361 g/mol. The van der Waals surface area contributed by atoms with E-state index in [4.69, 9.17) is 4.74 Å². The standard InChI is InChI=1S/C18H13F2NO3S/c19-15-11-10-14(12-16(15)20)25(22,23)21-17-8-4-5-9-18(17)24-13-6-2-1-3-7-13/h1-12,21H. The van der Waals surface area contributed by atoms with Crippen LogP contribution in [0.3, 0.4) is 0 Å². The first kappa shape index (κ1) is 16.9. The molecule has 0 unspecified atom stereocenters. The van der Waals surface area contributed by atoms with Gasteiger partial charge in [-0.2, -0.15) is 0 Å². The van der Waals surface area contributed by atoms with E-state index in [1.807, 2.05) is 6.07 Å². The molecule has 128 valence electrons. The van der Waals surface area contributed by atoms with Gasteiger partial charge in [-0.05, 0) is 42.5 Å². The fourth-order valence-corrected chi connectivity index (χ4v) is 3.18. The molecule has 0 spiro atoms. The zero-order chi connectivity index (χ0) is 17.9. The van der Waals surface area contributed by atoms with Crippen LogP contribution in [-0.2, 0) is 10.0 Å². The number of rotatable bonds is 5. The minimum Gasteiger partial charge on any atom is -0.455 e. The van der Waals surface area contributed by atoms with Crippen LogP contribution in [0.1, 0.15) is 0 Å². The molecule has 25 heavy (non-hydrogen) atoms. The molecule has 0 aliphatic carbocycles. The van der Waals surface area contributed by atoms with Crippen molar-refractivity contribution in [3.05, 3.63) is 84.4 Å². The van der Waals surface area contributed by atoms with E-state index >= 15 is 0 Å². The average molecular weight is 361 g/mol. The SMILES string of the molecule is O=S(=O)(Nc1ccccc1Oc1ccccc1)c1ccc(F)c(F)c1. The summed E-state index contributed by atoms with van der Waals surface area (Å²) in [4.78, 5) is -0.388. The summed E-state index contributed by atoms with van der Waals surface area (Å²) in [5, 5.41) is 0. The van der Waals surface area contributed by atoms with E-state index in [1.54, 1.807) is 42.5 Å². The molecule has 3 rings (SSSR count). The fourth-order valence-electron chi connectivity index (χ4n) is 2.10. The van der Waals surface area contributed by atoms with Gasteiger partial charge >= 0.3 is 0 Å². The van der Waals surface area contributed by atoms with Crippen LogP contribution in [0.15, 0.2) is 77.7 Å². The van der Waals surface area contributed by atoms with Crippen molar-refractivity contribution in [2.45, 2.75) is 4.90 Å². The maximum atomic E-state index is 13.3. The van der Waals surface area contributed by atoms with Gasteiger partial charge in [0.05, 0.1) is 10.6 Å². The van der Waals surface area contributed by atoms with Gasteiger partial charge in [0.2, 0.25) is 0 Å². The minimum absolute atomic E-state index is 0.177. The van der Waals surface area contributed by atoms with Crippen LogP contribution in [0, 0.1) is 11.6 Å². The second kappa shape index (κ2) is 6.90. The highest BCUT2D eigenvalue weighted by atomic mass is 32.2. The van der Waals surface area contributed by atoms with Gasteiger partial charge in [0.1, 0.15) is 5.75 Å². The van der Waals surface area contributed by atoms with Gasteiger partial charge in [-0.3, -0.25) is 4.72 Å². The van der Waals surface area contributed by atoms with Crippen molar-refractivity contribution in [2.75, 3.05) is 4.72 Å². The Labute approximate surface area is 143 Å². The summed E-state index contributed by atoms with van der Waals surface area (Å²) < 4.78 is 59.2. The summed E-state index contributed by atoms with van der Waals surface area (Å²) in [6.45, 7) is 0. The van der Waals surface area contributed by atoms with Crippen LogP contribution in [-0.4, -0.2) is 8.42 Å². The second-order valence-corrected chi connectivity index (χ2v) is 6.78. The lowest BCUT2D eigenvalue weighted by atomic mass is 10.3. The highest BCUT2D eigenvalue weighted by Gasteiger charge is 2.18. The molecule has 0 aliphatic heterocycles. The van der Waals surface area contributed by atoms with E-state index < -0.39 is 21.7 Å². The van der Waals surface area contributed by atoms with Crippen molar-refractivity contribution in [1.29, 1.82) is 0 Å². The number of nitrogens with one attached hydrogen (secondary N) is 1. The number of para-hydroxylation sites is 3. The topological polar surface area (TPSA) is 55.4 Å². The van der Waals surface area contributed by atoms with Crippen molar-refractivity contribution in [2.24, 2.45) is 0 Å². The third kappa shape index (κ3) is 3.95. The normalized spacial score (nSPS) is 11.1. The average Bonchev–Trinajstić information content (AvgIpc) is 2.60. The number of benzene rings is 3. The Balaban J connectivity index is 1.91. The van der Waals surface area contributed by atoms with Crippen molar-refractivity contribution < 1.29 is 21.9 Å². The molecular weight excluding hydrogens is 348 g/mol. The van der Waals surface area contributed by atoms with Crippen molar-refractivity contribution in [3.8, 4) is 11.5 Å². The van der Waals surface area contributed by atoms with Gasteiger partial charge < -0.3 is 4.74 Å². The van der Waals surface area contributed by atoms with E-state index in [0.29, 0.717) is 11.8 Å². The van der Waals surface area contributed by atoms with Crippen molar-refractivity contribution >= 4 is 15.7 Å². The molecule has 0 amide bonds. The minimum atomic E-state index is -4.10. The molecule has 3 aromatic rings. The van der Waals surface area contributed by atoms with Gasteiger partial charge in [0.15, 0.2) is 17.4 Å². The summed E-state index contributed by atoms with van der Waals surface area (Å²) >= 11 is 0. The number of ether oxygens (including phenoxy) is 1. The molecule has 0 atom stereocenters. The Kier molecular flexibility index (Phi) is 4.67. The van der Waals surface area contributed by atoms with Crippen LogP contribution in [0.25, 0.3) is 0 Å². The maximum absolute atomic E-state index is 13.3. The first-order valence-corrected chi connectivity index (χ1v) is 8.74. The first-order chi connectivity index (χ1) is 12.0. The zero-order valence-corrected chi connectivity index (χ0v) is 13.6. The Morgan fingerprint density at radius 2 is 1.48 bits per heavy atom. The Hall–Kier alpha value is -2.93. The lowest BCUT2D eigenvalue weighted by molar-refractivity contribution is 0.485. The van der Waals surface area contributed by atoms with Gasteiger partial charge in [-0.15, -0.1) is 0 Å². The Morgan fingerprint density at radius 1 is 0.800 bits per heavy atom. The molecule has 4 nitrogen and oxygen atoms in total. The van der Waals surface area contributed by atoms with Gasteiger partial charge in [0.25, 0.3) is 10.0 Å². The number of halogens is 2. The van der Waals surface area contributed by atoms with Crippen LogP contribution in [0.2, 0.25) is 0 Å². The Morgan fingerprint density at radius 3 is 2.20 bits per heavy atom. The molecule has 0 bridgehead atoms. The molecule has 0 saturated heterocycles.